The predicted molar refractivity (Wildman–Crippen MR) is 125 cm³/mol. The average Bonchev–Trinajstić information content (AvgIpc) is 3.29. The topological polar surface area (TPSA) is 84.7 Å². The molecule has 0 saturated carbocycles. The number of hydrogen-bond acceptors (Lipinski definition) is 7. The Morgan fingerprint density at radius 3 is 2.62 bits per heavy atom. The first-order valence-electron chi connectivity index (χ1n) is 11.1. The highest BCUT2D eigenvalue weighted by molar-refractivity contribution is 5.78. The first-order chi connectivity index (χ1) is 16.7. The van der Waals surface area contributed by atoms with Crippen LogP contribution in [0.15, 0.2) is 61.3 Å². The fourth-order valence-corrected chi connectivity index (χ4v) is 3.98. The summed E-state index contributed by atoms with van der Waals surface area (Å²) in [6.45, 7) is 3.31. The van der Waals surface area contributed by atoms with Crippen LogP contribution in [0.1, 0.15) is 11.4 Å². The van der Waals surface area contributed by atoms with Crippen LogP contribution < -0.4 is 10.2 Å². The van der Waals surface area contributed by atoms with E-state index >= 15 is 0 Å². The molecular weight excluding hydrogens is 438 g/mol. The molecule has 4 aromatic heterocycles. The van der Waals surface area contributed by atoms with Crippen molar-refractivity contribution in [2.24, 2.45) is 0 Å². The molecule has 0 bridgehead atoms. The minimum atomic E-state index is -2.51. The summed E-state index contributed by atoms with van der Waals surface area (Å²) in [5, 5.41) is 7.72. The van der Waals surface area contributed by atoms with Crippen molar-refractivity contribution in [3.05, 3.63) is 72.7 Å². The molecule has 5 rings (SSSR count). The number of hydrogen-bond donors (Lipinski definition) is 1. The lowest BCUT2D eigenvalue weighted by molar-refractivity contribution is 0.122. The monoisotopic (exact) mass is 462 g/mol. The molecule has 0 radical (unpaired) electrons. The molecule has 0 aliphatic carbocycles. The summed E-state index contributed by atoms with van der Waals surface area (Å²) < 4.78 is 27.3. The van der Waals surface area contributed by atoms with Crippen LogP contribution in [-0.2, 0) is 13.0 Å². The van der Waals surface area contributed by atoms with Crippen molar-refractivity contribution in [1.29, 1.82) is 0 Å². The molecule has 0 amide bonds. The van der Waals surface area contributed by atoms with Gasteiger partial charge >= 0.3 is 0 Å². The van der Waals surface area contributed by atoms with Gasteiger partial charge in [-0.25, -0.2) is 23.7 Å². The Labute approximate surface area is 195 Å². The molecule has 174 valence electrons. The second-order valence-corrected chi connectivity index (χ2v) is 8.04. The summed E-state index contributed by atoms with van der Waals surface area (Å²) in [5.74, 6) is 1.58. The summed E-state index contributed by atoms with van der Waals surface area (Å²) in [5.41, 5.74) is 3.56. The van der Waals surface area contributed by atoms with Gasteiger partial charge in [0.15, 0.2) is 0 Å². The van der Waals surface area contributed by atoms with Crippen molar-refractivity contribution >= 4 is 5.82 Å². The van der Waals surface area contributed by atoms with Crippen LogP contribution in [0.3, 0.4) is 0 Å². The van der Waals surface area contributed by atoms with Crippen LogP contribution in [0, 0.1) is 0 Å². The van der Waals surface area contributed by atoms with Crippen molar-refractivity contribution in [1.82, 2.24) is 35.0 Å². The average molecular weight is 463 g/mol. The highest BCUT2D eigenvalue weighted by Crippen LogP contribution is 2.30. The Kier molecular flexibility index (Phi) is 6.48. The Balaban J connectivity index is 1.40. The maximum atomic E-state index is 13.0. The summed E-state index contributed by atoms with van der Waals surface area (Å²) in [4.78, 5) is 20.1. The molecule has 34 heavy (non-hydrogen) atoms. The molecule has 5 heterocycles. The quantitative estimate of drug-likeness (QED) is 0.452. The zero-order chi connectivity index (χ0) is 23.3. The van der Waals surface area contributed by atoms with Gasteiger partial charge in [0, 0.05) is 74.7 Å². The molecule has 1 aliphatic heterocycles. The lowest BCUT2D eigenvalue weighted by Gasteiger charge is -2.28. The minimum absolute atomic E-state index is 0.490. The number of nitrogens with one attached hydrogen (secondary N) is 1. The molecule has 0 atom stereocenters. The van der Waals surface area contributed by atoms with E-state index in [0.717, 1.165) is 43.1 Å². The molecule has 1 aliphatic rings. The van der Waals surface area contributed by atoms with Gasteiger partial charge in [-0.2, -0.15) is 5.10 Å². The summed E-state index contributed by atoms with van der Waals surface area (Å²) >= 11 is 0. The normalized spacial score (nSPS) is 14.0. The van der Waals surface area contributed by atoms with Crippen LogP contribution in [0.5, 0.6) is 0 Å². The smallest absolute Gasteiger partial charge is 0.257 e. The van der Waals surface area contributed by atoms with E-state index < -0.39 is 13.0 Å². The zero-order valence-corrected chi connectivity index (χ0v) is 18.5. The Bertz CT molecular complexity index is 1220. The fourth-order valence-electron chi connectivity index (χ4n) is 3.98. The van der Waals surface area contributed by atoms with Gasteiger partial charge in [-0.1, -0.05) is 6.07 Å². The predicted octanol–water partition coefficient (Wildman–Crippen LogP) is 3.06. The molecule has 10 heteroatoms. The van der Waals surface area contributed by atoms with Crippen molar-refractivity contribution in [3.63, 3.8) is 0 Å². The molecule has 1 fully saturated rings. The van der Waals surface area contributed by atoms with E-state index in [4.69, 9.17) is 4.98 Å². The highest BCUT2D eigenvalue weighted by Gasteiger charge is 2.17. The second-order valence-electron chi connectivity index (χ2n) is 8.04. The van der Waals surface area contributed by atoms with Crippen LogP contribution >= 0.6 is 0 Å². The van der Waals surface area contributed by atoms with Crippen LogP contribution in [0.25, 0.3) is 22.5 Å². The molecule has 0 unspecified atom stereocenters. The van der Waals surface area contributed by atoms with Crippen molar-refractivity contribution in [3.8, 4) is 22.5 Å². The highest BCUT2D eigenvalue weighted by atomic mass is 19.3. The van der Waals surface area contributed by atoms with Crippen LogP contribution in [0.2, 0.25) is 0 Å². The molecule has 8 nitrogen and oxygen atoms in total. The minimum Gasteiger partial charge on any atom is -0.354 e. The third kappa shape index (κ3) is 5.07. The number of nitrogens with zero attached hydrogens (tertiary/aromatic N) is 7. The lowest BCUT2D eigenvalue weighted by Crippen LogP contribution is -2.43. The molecule has 1 N–H and O–H groups in total. The Morgan fingerprint density at radius 1 is 1.00 bits per heavy atom. The number of piperazine rings is 1. The van der Waals surface area contributed by atoms with Crippen molar-refractivity contribution in [2.45, 2.75) is 19.4 Å². The van der Waals surface area contributed by atoms with E-state index in [1.807, 2.05) is 24.4 Å². The van der Waals surface area contributed by atoms with Gasteiger partial charge in [-0.05, 0) is 29.8 Å². The molecule has 0 spiro atoms. The summed E-state index contributed by atoms with van der Waals surface area (Å²) in [7, 11) is 0. The first kappa shape index (κ1) is 22.0. The number of halogens is 2. The SMILES string of the molecule is FC(F)Cn1cc(-c2ccnc(Cc3ccc(N4CCNCC4)nc3)n2)c(-c2cccnc2)n1. The Hall–Kier alpha value is -3.79. The maximum Gasteiger partial charge on any atom is 0.257 e. The third-order valence-corrected chi connectivity index (χ3v) is 5.62. The van der Waals surface area contributed by atoms with E-state index in [-0.39, 0.29) is 0 Å². The van der Waals surface area contributed by atoms with E-state index in [9.17, 15) is 8.78 Å². The van der Waals surface area contributed by atoms with Gasteiger partial charge in [-0.3, -0.25) is 9.67 Å². The zero-order valence-electron chi connectivity index (χ0n) is 18.5. The number of alkyl halides is 2. The molecule has 0 aromatic carbocycles. The number of anilines is 1. The van der Waals surface area contributed by atoms with Gasteiger partial charge in [0.25, 0.3) is 6.43 Å². The van der Waals surface area contributed by atoms with Gasteiger partial charge in [-0.15, -0.1) is 0 Å². The fraction of sp³-hybridized carbons (Fsp3) is 0.292. The summed E-state index contributed by atoms with van der Waals surface area (Å²) in [6, 6.07) is 9.47. The first-order valence-corrected chi connectivity index (χ1v) is 11.1. The van der Waals surface area contributed by atoms with E-state index in [1.165, 1.54) is 4.68 Å². The summed E-state index contributed by atoms with van der Waals surface area (Å²) in [6.07, 6.45) is 6.45. The second kappa shape index (κ2) is 10.0. The van der Waals surface area contributed by atoms with Crippen molar-refractivity contribution in [2.75, 3.05) is 31.1 Å². The molecular formula is C24H24F2N8. The van der Waals surface area contributed by atoms with Crippen molar-refractivity contribution < 1.29 is 8.78 Å². The maximum absolute atomic E-state index is 13.0. The van der Waals surface area contributed by atoms with Gasteiger partial charge in [0.05, 0.1) is 5.69 Å². The standard InChI is InChI=1S/C24H24F2N8/c25-21(26)16-34-15-19(24(32-34)18-2-1-6-28-14-18)20-5-7-29-22(31-20)12-17-3-4-23(30-13-17)33-10-8-27-9-11-33/h1-7,13-15,21,27H,8-12,16H2. The largest absolute Gasteiger partial charge is 0.354 e. The van der Waals surface area contributed by atoms with Gasteiger partial charge in [0.2, 0.25) is 0 Å². The van der Waals surface area contributed by atoms with E-state index in [2.05, 4.69) is 30.3 Å². The van der Waals surface area contributed by atoms with Gasteiger partial charge in [0.1, 0.15) is 23.9 Å². The molecule has 1 saturated heterocycles. The van der Waals surface area contributed by atoms with Gasteiger partial charge < -0.3 is 10.2 Å². The number of aromatic nitrogens is 6. The number of pyridine rings is 2. The van der Waals surface area contributed by atoms with E-state index in [1.54, 1.807) is 36.9 Å². The van der Waals surface area contributed by atoms with Crippen LogP contribution in [0.4, 0.5) is 14.6 Å². The van der Waals surface area contributed by atoms with E-state index in [0.29, 0.717) is 29.2 Å². The molecule has 4 aromatic rings. The lowest BCUT2D eigenvalue weighted by atomic mass is 10.1. The number of rotatable bonds is 7. The Morgan fingerprint density at radius 2 is 1.88 bits per heavy atom. The van der Waals surface area contributed by atoms with Crippen LogP contribution in [-0.4, -0.2) is 62.3 Å². The third-order valence-electron chi connectivity index (χ3n) is 5.62.